The van der Waals surface area contributed by atoms with E-state index in [1.165, 1.54) is 0 Å². The molecule has 3 amide bonds. The second-order valence-corrected chi connectivity index (χ2v) is 8.98. The van der Waals surface area contributed by atoms with E-state index >= 15 is 0 Å². The van der Waals surface area contributed by atoms with Gasteiger partial charge in [0.2, 0.25) is 17.7 Å². The quantitative estimate of drug-likeness (QED) is 0.508. The van der Waals surface area contributed by atoms with Gasteiger partial charge in [-0.05, 0) is 43.9 Å². The third kappa shape index (κ3) is 7.33. The number of amides is 3. The highest BCUT2D eigenvalue weighted by molar-refractivity contribution is 5.86. The number of nitriles is 1. The number of alkyl carbamates (subject to hydrolysis) is 1. The Balaban J connectivity index is 1.47. The molecule has 0 aromatic carbocycles. The molecule has 3 unspecified atom stereocenters. The molecule has 3 atom stereocenters. The third-order valence-electron chi connectivity index (χ3n) is 6.32. The fourth-order valence-electron chi connectivity index (χ4n) is 4.13. The lowest BCUT2D eigenvalue weighted by molar-refractivity contribution is -0.125. The van der Waals surface area contributed by atoms with E-state index in [-0.39, 0.29) is 43.6 Å². The molecule has 1 saturated heterocycles. The Morgan fingerprint density at radius 3 is 2.42 bits per heavy atom. The maximum atomic E-state index is 13.2. The molecule has 0 radical (unpaired) electrons. The van der Waals surface area contributed by atoms with E-state index in [0.717, 1.165) is 12.8 Å². The van der Waals surface area contributed by atoms with Crippen molar-refractivity contribution in [3.05, 3.63) is 0 Å². The zero-order valence-corrected chi connectivity index (χ0v) is 17.5. The number of alkyl halides is 2. The van der Waals surface area contributed by atoms with Crippen LogP contribution in [0.25, 0.3) is 0 Å². The van der Waals surface area contributed by atoms with E-state index in [1.54, 1.807) is 0 Å². The second-order valence-electron chi connectivity index (χ2n) is 8.98. The van der Waals surface area contributed by atoms with Crippen LogP contribution in [0, 0.1) is 29.1 Å². The standard InChI is InChI=1S/C21H30F2N4O4/c22-21(23)6-3-14(4-7-21)12-31-20(30)27-17(9-13-1-2-13)19(29)26-16(11-24)10-15-5-8-25-18(15)28/h13-17H,1-10,12H2,(H,25,28)(H,26,29)(H,27,30). The van der Waals surface area contributed by atoms with Crippen molar-refractivity contribution in [2.24, 2.45) is 17.8 Å². The summed E-state index contributed by atoms with van der Waals surface area (Å²) in [5, 5.41) is 17.3. The molecule has 1 heterocycles. The van der Waals surface area contributed by atoms with Crippen LogP contribution in [-0.2, 0) is 14.3 Å². The molecule has 10 heteroatoms. The minimum Gasteiger partial charge on any atom is -0.449 e. The number of nitrogens with zero attached hydrogens (tertiary/aromatic N) is 1. The summed E-state index contributed by atoms with van der Waals surface area (Å²) >= 11 is 0. The second kappa shape index (κ2) is 10.2. The third-order valence-corrected chi connectivity index (χ3v) is 6.32. The van der Waals surface area contributed by atoms with Crippen molar-refractivity contribution in [2.75, 3.05) is 13.2 Å². The fraction of sp³-hybridized carbons (Fsp3) is 0.810. The lowest BCUT2D eigenvalue weighted by Gasteiger charge is -2.28. The van der Waals surface area contributed by atoms with Crippen LogP contribution < -0.4 is 16.0 Å². The normalized spacial score (nSPS) is 25.1. The highest BCUT2D eigenvalue weighted by atomic mass is 19.3. The molecule has 0 bridgehead atoms. The van der Waals surface area contributed by atoms with Crippen LogP contribution >= 0.6 is 0 Å². The summed E-state index contributed by atoms with van der Waals surface area (Å²) < 4.78 is 31.7. The molecule has 3 fully saturated rings. The largest absolute Gasteiger partial charge is 0.449 e. The van der Waals surface area contributed by atoms with Gasteiger partial charge in [0.05, 0.1) is 12.7 Å². The molecule has 2 aliphatic carbocycles. The number of ether oxygens (including phenoxy) is 1. The maximum Gasteiger partial charge on any atom is 0.407 e. The molecular formula is C21H30F2N4O4. The predicted molar refractivity (Wildman–Crippen MR) is 106 cm³/mol. The van der Waals surface area contributed by atoms with Crippen LogP contribution in [0.5, 0.6) is 0 Å². The van der Waals surface area contributed by atoms with Gasteiger partial charge in [-0.1, -0.05) is 12.8 Å². The zero-order valence-electron chi connectivity index (χ0n) is 17.5. The first-order valence-electron chi connectivity index (χ1n) is 11.0. The van der Waals surface area contributed by atoms with Gasteiger partial charge in [0, 0.05) is 25.3 Å². The molecule has 0 aromatic rings. The lowest BCUT2D eigenvalue weighted by atomic mass is 9.87. The Morgan fingerprint density at radius 1 is 1.13 bits per heavy atom. The van der Waals surface area contributed by atoms with Crippen molar-refractivity contribution in [3.8, 4) is 6.07 Å². The molecule has 8 nitrogen and oxygen atoms in total. The van der Waals surface area contributed by atoms with Crippen LogP contribution in [0.15, 0.2) is 0 Å². The fourth-order valence-corrected chi connectivity index (χ4v) is 4.13. The lowest BCUT2D eigenvalue weighted by Crippen LogP contribution is -2.50. The summed E-state index contributed by atoms with van der Waals surface area (Å²) in [5.74, 6) is -3.33. The summed E-state index contributed by atoms with van der Waals surface area (Å²) in [7, 11) is 0. The number of halogens is 2. The molecule has 3 rings (SSSR count). The summed E-state index contributed by atoms with van der Waals surface area (Å²) in [5.41, 5.74) is 0. The first kappa shape index (κ1) is 23.2. The summed E-state index contributed by atoms with van der Waals surface area (Å²) in [6.45, 7) is 0.600. The maximum absolute atomic E-state index is 13.2. The molecule has 3 N–H and O–H groups in total. The average molecular weight is 440 g/mol. The van der Waals surface area contributed by atoms with Crippen LogP contribution in [0.1, 0.15) is 57.8 Å². The zero-order chi connectivity index (χ0) is 22.4. The highest BCUT2D eigenvalue weighted by Gasteiger charge is 2.36. The Labute approximate surface area is 180 Å². The summed E-state index contributed by atoms with van der Waals surface area (Å²) in [6.07, 6.45) is 2.66. The minimum atomic E-state index is -2.64. The van der Waals surface area contributed by atoms with E-state index in [9.17, 15) is 28.4 Å². The Bertz CT molecular complexity index is 713. The van der Waals surface area contributed by atoms with Crippen molar-refractivity contribution in [1.29, 1.82) is 5.26 Å². The van der Waals surface area contributed by atoms with Gasteiger partial charge in [-0.25, -0.2) is 13.6 Å². The first-order chi connectivity index (χ1) is 14.8. The summed E-state index contributed by atoms with van der Waals surface area (Å²) in [6, 6.07) is 0.343. The van der Waals surface area contributed by atoms with Crippen LogP contribution in [0.3, 0.4) is 0 Å². The van der Waals surface area contributed by atoms with E-state index in [4.69, 9.17) is 4.74 Å². The van der Waals surface area contributed by atoms with Crippen LogP contribution in [0.4, 0.5) is 13.6 Å². The van der Waals surface area contributed by atoms with Gasteiger partial charge < -0.3 is 20.7 Å². The van der Waals surface area contributed by atoms with Gasteiger partial charge in [-0.3, -0.25) is 9.59 Å². The van der Waals surface area contributed by atoms with Crippen LogP contribution in [0.2, 0.25) is 0 Å². The van der Waals surface area contributed by atoms with Crippen molar-refractivity contribution in [2.45, 2.75) is 75.8 Å². The number of hydrogen-bond donors (Lipinski definition) is 3. The number of nitrogens with one attached hydrogen (secondary N) is 3. The van der Waals surface area contributed by atoms with Crippen molar-refractivity contribution in [1.82, 2.24) is 16.0 Å². The van der Waals surface area contributed by atoms with Gasteiger partial charge in [-0.2, -0.15) is 5.26 Å². The smallest absolute Gasteiger partial charge is 0.407 e. The Hall–Kier alpha value is -2.44. The highest BCUT2D eigenvalue weighted by Crippen LogP contribution is 2.36. The topological polar surface area (TPSA) is 120 Å². The molecule has 0 spiro atoms. The number of rotatable bonds is 9. The van der Waals surface area contributed by atoms with Crippen molar-refractivity contribution in [3.63, 3.8) is 0 Å². The molecule has 31 heavy (non-hydrogen) atoms. The first-order valence-corrected chi connectivity index (χ1v) is 11.0. The molecule has 1 aliphatic heterocycles. The van der Waals surface area contributed by atoms with Gasteiger partial charge in [0.15, 0.2) is 0 Å². The van der Waals surface area contributed by atoms with Gasteiger partial charge in [0.1, 0.15) is 12.1 Å². The number of carbonyl (C=O) groups excluding carboxylic acids is 3. The van der Waals surface area contributed by atoms with Crippen molar-refractivity contribution >= 4 is 17.9 Å². The van der Waals surface area contributed by atoms with E-state index in [0.29, 0.717) is 38.1 Å². The van der Waals surface area contributed by atoms with Crippen molar-refractivity contribution < 1.29 is 27.9 Å². The van der Waals surface area contributed by atoms with E-state index < -0.39 is 30.0 Å². The molecule has 2 saturated carbocycles. The average Bonchev–Trinajstić information content (AvgIpc) is 3.46. The molecule has 172 valence electrons. The minimum absolute atomic E-state index is 0.0390. The van der Waals surface area contributed by atoms with Crippen LogP contribution in [-0.4, -0.2) is 49.1 Å². The van der Waals surface area contributed by atoms with Gasteiger partial charge >= 0.3 is 6.09 Å². The van der Waals surface area contributed by atoms with E-state index in [1.807, 2.05) is 6.07 Å². The summed E-state index contributed by atoms with van der Waals surface area (Å²) in [4.78, 5) is 36.7. The Kier molecular flexibility index (Phi) is 7.68. The van der Waals surface area contributed by atoms with Gasteiger partial charge in [0.25, 0.3) is 0 Å². The molecule has 3 aliphatic rings. The predicted octanol–water partition coefficient (Wildman–Crippen LogP) is 2.24. The van der Waals surface area contributed by atoms with Gasteiger partial charge in [-0.15, -0.1) is 0 Å². The Morgan fingerprint density at radius 2 is 1.84 bits per heavy atom. The SMILES string of the molecule is N#CC(CC1CCNC1=O)NC(=O)C(CC1CC1)NC(=O)OCC1CCC(F)(F)CC1. The number of carbonyl (C=O) groups is 3. The molecule has 0 aromatic heterocycles. The number of hydrogen-bond acceptors (Lipinski definition) is 5. The monoisotopic (exact) mass is 440 g/mol. The molecular weight excluding hydrogens is 410 g/mol. The van der Waals surface area contributed by atoms with E-state index in [2.05, 4.69) is 16.0 Å².